The minimum atomic E-state index is -0.419. The fraction of sp³-hybridized carbons (Fsp3) is 0.136. The molecule has 1 amide bonds. The molecule has 6 heteroatoms. The molecule has 3 aromatic rings. The van der Waals surface area contributed by atoms with Gasteiger partial charge in [0, 0.05) is 28.7 Å². The summed E-state index contributed by atoms with van der Waals surface area (Å²) in [5.74, 6) is 0.0460. The zero-order valence-electron chi connectivity index (χ0n) is 15.0. The molecule has 1 atom stereocenters. The van der Waals surface area contributed by atoms with Crippen molar-refractivity contribution in [2.24, 2.45) is 0 Å². The zero-order chi connectivity index (χ0) is 19.5. The molecule has 0 aromatic heterocycles. The van der Waals surface area contributed by atoms with Gasteiger partial charge in [0.05, 0.1) is 17.2 Å². The van der Waals surface area contributed by atoms with Gasteiger partial charge in [-0.15, -0.1) is 11.8 Å². The molecule has 28 heavy (non-hydrogen) atoms. The van der Waals surface area contributed by atoms with Crippen LogP contribution in [0.1, 0.15) is 22.8 Å². The van der Waals surface area contributed by atoms with Crippen LogP contribution in [-0.2, 0) is 11.3 Å². The highest BCUT2D eigenvalue weighted by Gasteiger charge is 2.29. The van der Waals surface area contributed by atoms with E-state index in [1.807, 2.05) is 42.5 Å². The Morgan fingerprint density at radius 3 is 2.36 bits per heavy atom. The average molecular weight is 390 g/mol. The molecule has 4 rings (SSSR count). The van der Waals surface area contributed by atoms with Crippen molar-refractivity contribution in [1.29, 1.82) is 0 Å². The quantitative estimate of drug-likeness (QED) is 0.444. The van der Waals surface area contributed by atoms with Gasteiger partial charge in [-0.2, -0.15) is 0 Å². The highest BCUT2D eigenvalue weighted by Crippen LogP contribution is 2.45. The molecule has 0 spiro atoms. The van der Waals surface area contributed by atoms with Gasteiger partial charge in [-0.1, -0.05) is 54.6 Å². The summed E-state index contributed by atoms with van der Waals surface area (Å²) >= 11 is 1.70. The molecule has 0 aliphatic carbocycles. The molecule has 0 saturated heterocycles. The fourth-order valence-corrected chi connectivity index (χ4v) is 4.59. The predicted molar refractivity (Wildman–Crippen MR) is 110 cm³/mol. The number of rotatable bonds is 4. The fourth-order valence-electron chi connectivity index (χ4n) is 3.31. The normalized spacial score (nSPS) is 16.4. The zero-order valence-corrected chi connectivity index (χ0v) is 15.8. The van der Waals surface area contributed by atoms with Crippen molar-refractivity contribution in [3.8, 4) is 0 Å². The molecule has 0 unspecified atom stereocenters. The number of thioether (sulfide) groups is 1. The lowest BCUT2D eigenvalue weighted by atomic mass is 10.1. The molecule has 1 aliphatic heterocycles. The molecule has 0 fully saturated rings. The number of benzene rings is 3. The van der Waals surface area contributed by atoms with Crippen LogP contribution in [0.15, 0.2) is 83.8 Å². The first-order valence-electron chi connectivity index (χ1n) is 8.96. The molecule has 0 bridgehead atoms. The van der Waals surface area contributed by atoms with Gasteiger partial charge in [-0.05, 0) is 23.3 Å². The van der Waals surface area contributed by atoms with Gasteiger partial charge in [0.25, 0.3) is 5.69 Å². The summed E-state index contributed by atoms with van der Waals surface area (Å²) in [4.78, 5) is 26.4. The number of non-ortho nitro benzene ring substituents is 1. The number of carbonyl (C=O) groups excluding carboxylic acids is 1. The Morgan fingerprint density at radius 1 is 0.964 bits per heavy atom. The Hall–Kier alpha value is -3.12. The van der Waals surface area contributed by atoms with Gasteiger partial charge in [-0.25, -0.2) is 0 Å². The number of nitrogens with zero attached hydrogens (tertiary/aromatic N) is 2. The highest BCUT2D eigenvalue weighted by molar-refractivity contribution is 7.99. The number of hydrogen-bond donors (Lipinski definition) is 0. The van der Waals surface area contributed by atoms with Crippen molar-refractivity contribution in [3.05, 3.63) is 100 Å². The standard InChI is InChI=1S/C22H18N2O3S/c25-22-14-21(17-6-2-1-3-7-17)28-20-9-5-4-8-19(20)23(22)15-16-10-12-18(13-11-16)24(26)27/h1-13,21H,14-15H2/t21-/m1/s1. The number of hydrogen-bond acceptors (Lipinski definition) is 4. The van der Waals surface area contributed by atoms with E-state index in [0.29, 0.717) is 13.0 Å². The lowest BCUT2D eigenvalue weighted by molar-refractivity contribution is -0.384. The van der Waals surface area contributed by atoms with Gasteiger partial charge in [0.2, 0.25) is 5.91 Å². The van der Waals surface area contributed by atoms with Gasteiger partial charge < -0.3 is 4.90 Å². The van der Waals surface area contributed by atoms with Gasteiger partial charge in [-0.3, -0.25) is 14.9 Å². The summed E-state index contributed by atoms with van der Waals surface area (Å²) in [7, 11) is 0. The van der Waals surface area contributed by atoms with Crippen molar-refractivity contribution in [1.82, 2.24) is 0 Å². The van der Waals surface area contributed by atoms with Crippen molar-refractivity contribution >= 4 is 29.0 Å². The van der Waals surface area contributed by atoms with Crippen LogP contribution < -0.4 is 4.90 Å². The van der Waals surface area contributed by atoms with Crippen LogP contribution in [0.25, 0.3) is 0 Å². The minimum absolute atomic E-state index is 0.0460. The van der Waals surface area contributed by atoms with Gasteiger partial charge in [0.15, 0.2) is 0 Å². The van der Waals surface area contributed by atoms with E-state index in [9.17, 15) is 14.9 Å². The summed E-state index contributed by atoms with van der Waals surface area (Å²) in [5, 5.41) is 10.9. The first-order valence-corrected chi connectivity index (χ1v) is 9.84. The van der Waals surface area contributed by atoms with Crippen LogP contribution in [0.4, 0.5) is 11.4 Å². The van der Waals surface area contributed by atoms with Crippen molar-refractivity contribution in [2.75, 3.05) is 4.90 Å². The van der Waals surface area contributed by atoms with E-state index in [1.54, 1.807) is 28.8 Å². The summed E-state index contributed by atoms with van der Waals surface area (Å²) in [6.07, 6.45) is 0.399. The number of carbonyl (C=O) groups is 1. The first kappa shape index (κ1) is 18.3. The maximum atomic E-state index is 13.1. The SMILES string of the molecule is O=C1C[C@H](c2ccccc2)Sc2ccccc2N1Cc1ccc([N+](=O)[O-])cc1. The monoisotopic (exact) mass is 390 g/mol. The average Bonchev–Trinajstić information content (AvgIpc) is 2.86. The summed E-state index contributed by atoms with van der Waals surface area (Å²) in [5.41, 5.74) is 2.92. The Morgan fingerprint density at radius 2 is 1.64 bits per heavy atom. The van der Waals surface area contributed by atoms with Crippen molar-refractivity contribution < 1.29 is 9.72 Å². The third-order valence-corrected chi connectivity index (χ3v) is 6.07. The molecular formula is C22H18N2O3S. The summed E-state index contributed by atoms with van der Waals surface area (Å²) in [6, 6.07) is 24.3. The number of nitro groups is 1. The Bertz CT molecular complexity index is 1010. The minimum Gasteiger partial charge on any atom is -0.307 e. The van der Waals surface area contributed by atoms with Crippen LogP contribution in [0.2, 0.25) is 0 Å². The van der Waals surface area contributed by atoms with Gasteiger partial charge in [0.1, 0.15) is 0 Å². The molecule has 5 nitrogen and oxygen atoms in total. The van der Waals surface area contributed by atoms with E-state index in [4.69, 9.17) is 0 Å². The topological polar surface area (TPSA) is 63.5 Å². The Balaban J connectivity index is 1.66. The highest BCUT2D eigenvalue weighted by atomic mass is 32.2. The van der Waals surface area contributed by atoms with E-state index in [2.05, 4.69) is 12.1 Å². The maximum Gasteiger partial charge on any atom is 0.269 e. The second-order valence-electron chi connectivity index (χ2n) is 6.59. The molecule has 1 aliphatic rings. The van der Waals surface area contributed by atoms with Gasteiger partial charge >= 0.3 is 0 Å². The number of nitro benzene ring substituents is 1. The third-order valence-electron chi connectivity index (χ3n) is 4.75. The van der Waals surface area contributed by atoms with Crippen LogP contribution in [0, 0.1) is 10.1 Å². The Kier molecular flexibility index (Phi) is 5.12. The second-order valence-corrected chi connectivity index (χ2v) is 7.84. The largest absolute Gasteiger partial charge is 0.307 e. The predicted octanol–water partition coefficient (Wildman–Crippen LogP) is 5.37. The van der Waals surface area contributed by atoms with Crippen LogP contribution in [0.5, 0.6) is 0 Å². The molecule has 1 heterocycles. The van der Waals surface area contributed by atoms with Crippen LogP contribution >= 0.6 is 11.8 Å². The lowest BCUT2D eigenvalue weighted by Crippen LogP contribution is -2.30. The third kappa shape index (κ3) is 3.77. The van der Waals surface area contributed by atoms with Crippen molar-refractivity contribution in [3.63, 3.8) is 0 Å². The molecule has 0 radical (unpaired) electrons. The van der Waals surface area contributed by atoms with Crippen LogP contribution in [-0.4, -0.2) is 10.8 Å². The van der Waals surface area contributed by atoms with E-state index in [-0.39, 0.29) is 16.8 Å². The first-order chi connectivity index (χ1) is 13.6. The van der Waals surface area contributed by atoms with E-state index in [1.165, 1.54) is 12.1 Å². The number of fused-ring (bicyclic) bond motifs is 1. The summed E-state index contributed by atoms with van der Waals surface area (Å²) < 4.78 is 0. The van der Waals surface area contributed by atoms with Crippen molar-refractivity contribution in [2.45, 2.75) is 23.1 Å². The van der Waals surface area contributed by atoms with E-state index < -0.39 is 4.92 Å². The number of anilines is 1. The molecular weight excluding hydrogens is 372 g/mol. The molecule has 140 valence electrons. The number of para-hydroxylation sites is 1. The molecule has 0 saturated carbocycles. The number of amides is 1. The van der Waals surface area contributed by atoms with E-state index in [0.717, 1.165) is 21.7 Å². The molecule has 3 aromatic carbocycles. The molecule has 0 N–H and O–H groups in total. The second kappa shape index (κ2) is 7.86. The van der Waals surface area contributed by atoms with E-state index >= 15 is 0 Å². The lowest BCUT2D eigenvalue weighted by Gasteiger charge is -2.22. The smallest absolute Gasteiger partial charge is 0.269 e. The Labute approximate surface area is 167 Å². The van der Waals surface area contributed by atoms with Crippen LogP contribution in [0.3, 0.4) is 0 Å². The summed E-state index contributed by atoms with van der Waals surface area (Å²) in [6.45, 7) is 0.385. The maximum absolute atomic E-state index is 13.1.